The average molecular weight is 729 g/mol. The zero-order valence-corrected chi connectivity index (χ0v) is 30.7. The van der Waals surface area contributed by atoms with Gasteiger partial charge < -0.3 is 4.42 Å². The monoisotopic (exact) mass is 728 g/mol. The molecule has 10 aromatic rings. The zero-order valence-electron chi connectivity index (χ0n) is 30.7. The molecule has 0 aliphatic carbocycles. The lowest BCUT2D eigenvalue weighted by atomic mass is 9.94. The highest BCUT2D eigenvalue weighted by atomic mass is 16.3. The molecule has 5 nitrogen and oxygen atoms in total. The minimum absolute atomic E-state index is 0.557. The van der Waals surface area contributed by atoms with Crippen LogP contribution in [0, 0.1) is 11.3 Å². The molecule has 10 rings (SSSR count). The van der Waals surface area contributed by atoms with Crippen molar-refractivity contribution in [1.29, 1.82) is 5.26 Å². The van der Waals surface area contributed by atoms with Gasteiger partial charge in [0.1, 0.15) is 11.2 Å². The molecule has 0 aliphatic heterocycles. The molecule has 8 aromatic carbocycles. The number of nitriles is 1. The Bertz CT molecular complexity index is 3100. The normalized spacial score (nSPS) is 11.1. The summed E-state index contributed by atoms with van der Waals surface area (Å²) in [4.78, 5) is 15.0. The summed E-state index contributed by atoms with van der Waals surface area (Å²) in [6.07, 6.45) is 0. The average Bonchev–Trinajstić information content (AvgIpc) is 3.68. The molecule has 0 saturated heterocycles. The number of nitrogens with zero attached hydrogens (tertiary/aromatic N) is 4. The van der Waals surface area contributed by atoms with Gasteiger partial charge in [0, 0.05) is 33.0 Å². The Balaban J connectivity index is 1.02. The van der Waals surface area contributed by atoms with E-state index in [4.69, 9.17) is 19.4 Å². The van der Waals surface area contributed by atoms with Gasteiger partial charge in [-0.3, -0.25) is 0 Å². The molecule has 0 unspecified atom stereocenters. The quantitative estimate of drug-likeness (QED) is 0.163. The van der Waals surface area contributed by atoms with Crippen LogP contribution >= 0.6 is 0 Å². The van der Waals surface area contributed by atoms with Crippen molar-refractivity contribution < 1.29 is 4.42 Å². The first-order valence-corrected chi connectivity index (χ1v) is 18.8. The van der Waals surface area contributed by atoms with Crippen molar-refractivity contribution in [2.24, 2.45) is 0 Å². The van der Waals surface area contributed by atoms with E-state index in [1.807, 2.05) is 109 Å². The number of hydrogen-bond acceptors (Lipinski definition) is 5. The van der Waals surface area contributed by atoms with E-state index in [0.717, 1.165) is 72.0 Å². The second-order valence-electron chi connectivity index (χ2n) is 13.9. The first-order chi connectivity index (χ1) is 28.2. The fraction of sp³-hybridized carbons (Fsp3) is 0. The maximum Gasteiger partial charge on any atom is 0.164 e. The Morgan fingerprint density at radius 3 is 1.47 bits per heavy atom. The second kappa shape index (κ2) is 14.4. The van der Waals surface area contributed by atoms with Gasteiger partial charge in [0.05, 0.1) is 11.6 Å². The molecule has 0 radical (unpaired) electrons. The van der Waals surface area contributed by atoms with Crippen LogP contribution in [0.3, 0.4) is 0 Å². The van der Waals surface area contributed by atoms with E-state index in [1.54, 1.807) is 0 Å². The molecule has 0 spiro atoms. The molecule has 0 N–H and O–H groups in total. The number of aromatic nitrogens is 3. The predicted octanol–water partition coefficient (Wildman–Crippen LogP) is 13.3. The Morgan fingerprint density at radius 2 is 0.825 bits per heavy atom. The lowest BCUT2D eigenvalue weighted by Crippen LogP contribution is -2.00. The summed E-state index contributed by atoms with van der Waals surface area (Å²) in [5, 5.41) is 11.9. The van der Waals surface area contributed by atoms with E-state index in [2.05, 4.69) is 91.0 Å². The number of fused-ring (bicyclic) bond motifs is 3. The molecule has 2 heterocycles. The molecule has 0 bridgehead atoms. The summed E-state index contributed by atoms with van der Waals surface area (Å²) in [6.45, 7) is 0. The van der Waals surface area contributed by atoms with Crippen molar-refractivity contribution in [3.63, 3.8) is 0 Å². The van der Waals surface area contributed by atoms with Crippen molar-refractivity contribution >= 4 is 21.9 Å². The largest absolute Gasteiger partial charge is 0.456 e. The Morgan fingerprint density at radius 1 is 0.351 bits per heavy atom. The summed E-state index contributed by atoms with van der Waals surface area (Å²) in [5.74, 6) is 1.72. The summed E-state index contributed by atoms with van der Waals surface area (Å²) in [7, 11) is 0. The van der Waals surface area contributed by atoms with Crippen LogP contribution in [0.1, 0.15) is 5.56 Å². The van der Waals surface area contributed by atoms with Crippen molar-refractivity contribution in [1.82, 2.24) is 15.0 Å². The molecule has 0 amide bonds. The third-order valence-electron chi connectivity index (χ3n) is 10.4. The van der Waals surface area contributed by atoms with E-state index in [1.165, 1.54) is 11.1 Å². The van der Waals surface area contributed by atoms with Gasteiger partial charge in [-0.25, -0.2) is 15.0 Å². The van der Waals surface area contributed by atoms with E-state index in [-0.39, 0.29) is 0 Å². The van der Waals surface area contributed by atoms with Crippen LogP contribution < -0.4 is 0 Å². The van der Waals surface area contributed by atoms with Gasteiger partial charge in [-0.2, -0.15) is 5.26 Å². The van der Waals surface area contributed by atoms with Gasteiger partial charge in [0.25, 0.3) is 0 Å². The molecule has 57 heavy (non-hydrogen) atoms. The van der Waals surface area contributed by atoms with Crippen LogP contribution in [0.15, 0.2) is 199 Å². The van der Waals surface area contributed by atoms with Gasteiger partial charge in [-0.15, -0.1) is 0 Å². The van der Waals surface area contributed by atoms with Crippen molar-refractivity contribution in [2.45, 2.75) is 0 Å². The van der Waals surface area contributed by atoms with Crippen LogP contribution in [-0.4, -0.2) is 15.0 Å². The second-order valence-corrected chi connectivity index (χ2v) is 13.9. The molecular weight excluding hydrogens is 697 g/mol. The number of benzene rings is 8. The van der Waals surface area contributed by atoms with Crippen LogP contribution in [0.25, 0.3) is 101 Å². The first-order valence-electron chi connectivity index (χ1n) is 18.8. The maximum atomic E-state index is 9.82. The zero-order chi connectivity index (χ0) is 38.1. The lowest BCUT2D eigenvalue weighted by molar-refractivity contribution is 0.669. The highest BCUT2D eigenvalue weighted by Gasteiger charge is 2.17. The maximum absolute atomic E-state index is 9.82. The lowest BCUT2D eigenvalue weighted by Gasteiger charge is -2.10. The number of rotatable bonds is 7. The van der Waals surface area contributed by atoms with Crippen molar-refractivity contribution in [3.05, 3.63) is 200 Å². The van der Waals surface area contributed by atoms with Gasteiger partial charge >= 0.3 is 0 Å². The standard InChI is InChI=1S/C52H32N4O/c53-33-43-28-27-41(31-46(43)37-13-6-2-7-14-37)36-21-25-40(26-22-36)51-54-50(39-15-8-3-9-16-39)55-52(56-51)42-29-30-45-48(32-42)57-47-18-10-17-44(49(45)47)38-23-19-35(20-24-38)34-11-4-1-5-12-34/h1-32H. The smallest absolute Gasteiger partial charge is 0.164 e. The molecule has 0 atom stereocenters. The molecule has 0 aliphatic rings. The first kappa shape index (κ1) is 33.6. The fourth-order valence-corrected chi connectivity index (χ4v) is 7.52. The van der Waals surface area contributed by atoms with Gasteiger partial charge in [0.15, 0.2) is 17.5 Å². The van der Waals surface area contributed by atoms with Crippen LogP contribution in [0.2, 0.25) is 0 Å². The Kier molecular flexibility index (Phi) is 8.48. The number of hydrogen-bond donors (Lipinski definition) is 0. The topological polar surface area (TPSA) is 75.6 Å². The van der Waals surface area contributed by atoms with Gasteiger partial charge in [0.2, 0.25) is 0 Å². The number of furan rings is 1. The SMILES string of the molecule is N#Cc1ccc(-c2ccc(-c3nc(-c4ccccc4)nc(-c4ccc5c(c4)oc4cccc(-c6ccc(-c7ccccc7)cc6)c45)n3)cc2)cc1-c1ccccc1. The molecule has 5 heteroatoms. The summed E-state index contributed by atoms with van der Waals surface area (Å²) >= 11 is 0. The molecule has 266 valence electrons. The molecule has 0 fully saturated rings. The van der Waals surface area contributed by atoms with Gasteiger partial charge in [-0.1, -0.05) is 164 Å². The van der Waals surface area contributed by atoms with E-state index in [9.17, 15) is 5.26 Å². The van der Waals surface area contributed by atoms with E-state index >= 15 is 0 Å². The summed E-state index contributed by atoms with van der Waals surface area (Å²) in [5.41, 5.74) is 13.4. The third-order valence-corrected chi connectivity index (χ3v) is 10.4. The highest BCUT2D eigenvalue weighted by Crippen LogP contribution is 2.39. The van der Waals surface area contributed by atoms with Crippen LogP contribution in [0.4, 0.5) is 0 Å². The highest BCUT2D eigenvalue weighted by molar-refractivity contribution is 6.13. The van der Waals surface area contributed by atoms with Gasteiger partial charge in [-0.05, 0) is 69.3 Å². The fourth-order valence-electron chi connectivity index (χ4n) is 7.52. The van der Waals surface area contributed by atoms with E-state index in [0.29, 0.717) is 23.0 Å². The van der Waals surface area contributed by atoms with E-state index < -0.39 is 0 Å². The minimum atomic E-state index is 0.557. The Labute approximate surface area is 329 Å². The third kappa shape index (κ3) is 6.42. The molecule has 0 saturated carbocycles. The predicted molar refractivity (Wildman–Crippen MR) is 230 cm³/mol. The van der Waals surface area contributed by atoms with Crippen LogP contribution in [-0.2, 0) is 0 Å². The minimum Gasteiger partial charge on any atom is -0.456 e. The molecule has 2 aromatic heterocycles. The Hall–Kier alpha value is -7.94. The van der Waals surface area contributed by atoms with Crippen LogP contribution in [0.5, 0.6) is 0 Å². The summed E-state index contributed by atoms with van der Waals surface area (Å²) in [6, 6.07) is 68.1. The van der Waals surface area contributed by atoms with Crippen molar-refractivity contribution in [3.8, 4) is 84.7 Å². The summed E-state index contributed by atoms with van der Waals surface area (Å²) < 4.78 is 6.52. The molecular formula is C52H32N4O. The van der Waals surface area contributed by atoms with Crippen molar-refractivity contribution in [2.75, 3.05) is 0 Å².